The number of hydrogen-bond donors (Lipinski definition) is 4. The summed E-state index contributed by atoms with van der Waals surface area (Å²) in [5, 5.41) is 15.7. The molecule has 2 heterocycles. The van der Waals surface area contributed by atoms with E-state index >= 15 is 0 Å². The van der Waals surface area contributed by atoms with Gasteiger partial charge >= 0.3 is 0 Å². The topological polar surface area (TPSA) is 124 Å². The third kappa shape index (κ3) is 1.61. The van der Waals surface area contributed by atoms with Gasteiger partial charge in [-0.05, 0) is 35.4 Å². The fraction of sp³-hybridized carbons (Fsp3) is 0. The second kappa shape index (κ2) is 4.11. The fourth-order valence-electron chi connectivity index (χ4n) is 2.77. The maximum atomic E-state index is 7.86. The summed E-state index contributed by atoms with van der Waals surface area (Å²) < 4.78 is 0. The predicted octanol–water partition coefficient (Wildman–Crippen LogP) is 1.44. The highest BCUT2D eigenvalue weighted by molar-refractivity contribution is 6.22. The molecule has 2 aliphatic heterocycles. The van der Waals surface area contributed by atoms with Gasteiger partial charge in [0.1, 0.15) is 11.7 Å². The van der Waals surface area contributed by atoms with Crippen molar-refractivity contribution in [3.8, 4) is 11.1 Å². The predicted molar refractivity (Wildman–Crippen MR) is 87.0 cm³/mol. The molecule has 0 spiro atoms. The molecule has 2 aliphatic rings. The fourth-order valence-corrected chi connectivity index (χ4v) is 2.77. The van der Waals surface area contributed by atoms with Crippen LogP contribution in [-0.4, -0.2) is 23.3 Å². The largest absolute Gasteiger partial charge is 0.383 e. The third-order valence-electron chi connectivity index (χ3n) is 3.90. The average Bonchev–Trinajstić information content (AvgIpc) is 2.96. The lowest BCUT2D eigenvalue weighted by molar-refractivity contribution is 1.44. The molecule has 6 N–H and O–H groups in total. The van der Waals surface area contributed by atoms with Gasteiger partial charge in [-0.1, -0.05) is 12.1 Å². The first-order valence-corrected chi connectivity index (χ1v) is 6.70. The highest BCUT2D eigenvalue weighted by Gasteiger charge is 2.21. The summed E-state index contributed by atoms with van der Waals surface area (Å²) in [5.41, 5.74) is 16.5. The van der Waals surface area contributed by atoms with E-state index in [1.54, 1.807) is 0 Å². The van der Waals surface area contributed by atoms with Gasteiger partial charge in [-0.15, -0.1) is 0 Å². The van der Waals surface area contributed by atoms with E-state index in [1.165, 1.54) is 0 Å². The molecule has 6 nitrogen and oxygen atoms in total. The molecular formula is C16H12N6. The zero-order valence-electron chi connectivity index (χ0n) is 11.5. The molecule has 0 fully saturated rings. The minimum Gasteiger partial charge on any atom is -0.383 e. The molecule has 0 atom stereocenters. The van der Waals surface area contributed by atoms with Crippen molar-refractivity contribution in [1.82, 2.24) is 0 Å². The molecule has 2 aromatic carbocycles. The number of nitrogens with zero attached hydrogens (tertiary/aromatic N) is 2. The van der Waals surface area contributed by atoms with Crippen LogP contribution in [0.2, 0.25) is 0 Å². The Morgan fingerprint density at radius 2 is 1.05 bits per heavy atom. The Balaban J connectivity index is 1.83. The lowest BCUT2D eigenvalue weighted by atomic mass is 9.96. The Bertz CT molecular complexity index is 858. The number of fused-ring (bicyclic) bond motifs is 2. The van der Waals surface area contributed by atoms with Crippen molar-refractivity contribution in [3.05, 3.63) is 58.7 Å². The Kier molecular flexibility index (Phi) is 2.33. The first-order chi connectivity index (χ1) is 10.5. The molecule has 106 valence electrons. The second-order valence-electron chi connectivity index (χ2n) is 5.21. The van der Waals surface area contributed by atoms with Crippen molar-refractivity contribution in [2.75, 3.05) is 0 Å². The summed E-state index contributed by atoms with van der Waals surface area (Å²) >= 11 is 0. The van der Waals surface area contributed by atoms with Crippen LogP contribution in [0.4, 0.5) is 0 Å². The molecule has 4 rings (SSSR count). The van der Waals surface area contributed by atoms with E-state index in [-0.39, 0.29) is 11.7 Å². The van der Waals surface area contributed by atoms with Crippen LogP contribution in [0.15, 0.2) is 46.4 Å². The number of nitrogens with one attached hydrogen (secondary N) is 2. The van der Waals surface area contributed by atoms with Crippen LogP contribution in [0.5, 0.6) is 0 Å². The summed E-state index contributed by atoms with van der Waals surface area (Å²) in [6.45, 7) is 0. The van der Waals surface area contributed by atoms with E-state index in [0.29, 0.717) is 11.7 Å². The van der Waals surface area contributed by atoms with E-state index < -0.39 is 0 Å². The van der Waals surface area contributed by atoms with Crippen molar-refractivity contribution in [1.29, 1.82) is 10.8 Å². The molecule has 22 heavy (non-hydrogen) atoms. The normalized spacial score (nSPS) is 15.5. The molecule has 0 aromatic heterocycles. The number of aliphatic imine (C=N–C) groups is 2. The van der Waals surface area contributed by atoms with Gasteiger partial charge in [0.2, 0.25) is 0 Å². The van der Waals surface area contributed by atoms with Gasteiger partial charge in [-0.25, -0.2) is 9.98 Å². The second-order valence-corrected chi connectivity index (χ2v) is 5.21. The van der Waals surface area contributed by atoms with Gasteiger partial charge in [0.25, 0.3) is 0 Å². The Morgan fingerprint density at radius 3 is 1.45 bits per heavy atom. The minimum absolute atomic E-state index is 0.177. The third-order valence-corrected chi connectivity index (χ3v) is 3.90. The Morgan fingerprint density at radius 1 is 0.636 bits per heavy atom. The molecule has 0 unspecified atom stereocenters. The number of nitrogens with two attached hydrogens (primary N) is 2. The first-order valence-electron chi connectivity index (χ1n) is 6.70. The molecule has 6 heteroatoms. The number of benzene rings is 2. The van der Waals surface area contributed by atoms with Crippen LogP contribution in [0.25, 0.3) is 11.1 Å². The minimum atomic E-state index is 0.177. The van der Waals surface area contributed by atoms with Gasteiger partial charge < -0.3 is 11.5 Å². The Labute approximate surface area is 126 Å². The average molecular weight is 288 g/mol. The van der Waals surface area contributed by atoms with Crippen LogP contribution < -0.4 is 11.5 Å². The summed E-state index contributed by atoms with van der Waals surface area (Å²) in [5.74, 6) is 1.11. The molecule has 0 radical (unpaired) electrons. The smallest absolute Gasteiger partial charge is 0.154 e. The highest BCUT2D eigenvalue weighted by atomic mass is 14.9. The molecule has 0 bridgehead atoms. The molecule has 0 saturated carbocycles. The van der Waals surface area contributed by atoms with Gasteiger partial charge in [0.05, 0.1) is 0 Å². The van der Waals surface area contributed by atoms with E-state index in [0.717, 1.165) is 33.4 Å². The van der Waals surface area contributed by atoms with Crippen molar-refractivity contribution in [2.45, 2.75) is 0 Å². The standard InChI is InChI=1S/C16H12N6/c17-13-9-3-1-7(5-11(9)15(19)21-13)8-2-4-10-12(6-8)16(20)22-14(10)18/h1-6H,(H3,17,19,21)(H3,18,20,22). The van der Waals surface area contributed by atoms with Crippen LogP contribution in [0.3, 0.4) is 0 Å². The van der Waals surface area contributed by atoms with Gasteiger partial charge in [-0.2, -0.15) is 0 Å². The lowest BCUT2D eigenvalue weighted by Gasteiger charge is -2.07. The van der Waals surface area contributed by atoms with Gasteiger partial charge in [0, 0.05) is 22.3 Å². The first kappa shape index (κ1) is 12.5. The SMILES string of the molecule is N=C1N=C(N)c2ccc(-c3ccc4c(c3)C(=N)N=C4N)cc21. The van der Waals surface area contributed by atoms with Crippen molar-refractivity contribution >= 4 is 23.3 Å². The van der Waals surface area contributed by atoms with E-state index in [4.69, 9.17) is 22.3 Å². The molecule has 0 amide bonds. The summed E-state index contributed by atoms with van der Waals surface area (Å²) in [6, 6.07) is 11.4. The van der Waals surface area contributed by atoms with Crippen LogP contribution in [-0.2, 0) is 0 Å². The zero-order valence-corrected chi connectivity index (χ0v) is 11.5. The number of rotatable bonds is 1. The van der Waals surface area contributed by atoms with Gasteiger partial charge in [-0.3, -0.25) is 10.8 Å². The van der Waals surface area contributed by atoms with Crippen molar-refractivity contribution in [2.24, 2.45) is 21.5 Å². The number of amidine groups is 4. The van der Waals surface area contributed by atoms with Gasteiger partial charge in [0.15, 0.2) is 11.7 Å². The number of hydrogen-bond acceptors (Lipinski definition) is 4. The highest BCUT2D eigenvalue weighted by Crippen LogP contribution is 2.29. The molecule has 0 aliphatic carbocycles. The lowest BCUT2D eigenvalue weighted by Crippen LogP contribution is -2.10. The van der Waals surface area contributed by atoms with Crippen LogP contribution in [0, 0.1) is 10.8 Å². The zero-order chi connectivity index (χ0) is 15.4. The summed E-state index contributed by atoms with van der Waals surface area (Å²) in [4.78, 5) is 7.96. The summed E-state index contributed by atoms with van der Waals surface area (Å²) in [6.07, 6.45) is 0. The monoisotopic (exact) mass is 288 g/mol. The molecule has 0 saturated heterocycles. The van der Waals surface area contributed by atoms with Crippen molar-refractivity contribution in [3.63, 3.8) is 0 Å². The van der Waals surface area contributed by atoms with E-state index in [9.17, 15) is 0 Å². The Hall–Kier alpha value is -3.28. The summed E-state index contributed by atoms with van der Waals surface area (Å²) in [7, 11) is 0. The van der Waals surface area contributed by atoms with E-state index in [2.05, 4.69) is 9.98 Å². The molecular weight excluding hydrogens is 276 g/mol. The quantitative estimate of drug-likeness (QED) is 0.634. The van der Waals surface area contributed by atoms with Crippen LogP contribution in [0.1, 0.15) is 22.3 Å². The van der Waals surface area contributed by atoms with Crippen molar-refractivity contribution < 1.29 is 0 Å². The maximum absolute atomic E-state index is 7.86. The maximum Gasteiger partial charge on any atom is 0.154 e. The molecule has 2 aromatic rings. The van der Waals surface area contributed by atoms with Crippen LogP contribution >= 0.6 is 0 Å². The van der Waals surface area contributed by atoms with E-state index in [1.807, 2.05) is 36.4 Å².